The molecule has 3 N–H and O–H groups in total. The van der Waals surface area contributed by atoms with Gasteiger partial charge in [-0.25, -0.2) is 4.68 Å². The minimum atomic E-state index is -3.34. The Bertz CT molecular complexity index is 1630. The first-order valence-electron chi connectivity index (χ1n) is 14.3. The highest BCUT2D eigenvalue weighted by atomic mass is 32.3. The standard InChI is InChI=1S/C32H40N4O5S/c1-7-24-19-35(42(39,40)28-12-10-9-11-27(28)41-24)18-23-17-22(14-13-20(23)3)29(32(5,6)31(37)38)25-15-16-26-30(21(25)4)33-34-36(26)8-2/h9-17,24,29,39-40H,7-8,18-19H2,1-6H3,(H,37,38)/t24-,29+/m1/s1. The number of hydrogen-bond acceptors (Lipinski definition) is 7. The lowest BCUT2D eigenvalue weighted by Gasteiger charge is -2.42. The van der Waals surface area contributed by atoms with Crippen LogP contribution in [0.2, 0.25) is 0 Å². The molecule has 1 aliphatic rings. The summed E-state index contributed by atoms with van der Waals surface area (Å²) >= 11 is 0. The van der Waals surface area contributed by atoms with Gasteiger partial charge in [0.2, 0.25) is 0 Å². The van der Waals surface area contributed by atoms with E-state index in [4.69, 9.17) is 4.74 Å². The Kier molecular flexibility index (Phi) is 8.10. The summed E-state index contributed by atoms with van der Waals surface area (Å²) in [7, 11) is -3.34. The Morgan fingerprint density at radius 3 is 2.55 bits per heavy atom. The number of aliphatic carboxylic acids is 1. The van der Waals surface area contributed by atoms with E-state index in [1.54, 1.807) is 36.4 Å². The highest BCUT2D eigenvalue weighted by molar-refractivity contribution is 8.22. The van der Waals surface area contributed by atoms with E-state index >= 15 is 0 Å². The van der Waals surface area contributed by atoms with Crippen LogP contribution in [0.3, 0.4) is 0 Å². The quantitative estimate of drug-likeness (QED) is 0.200. The van der Waals surface area contributed by atoms with Gasteiger partial charge in [0.25, 0.3) is 0 Å². The molecule has 0 spiro atoms. The molecule has 0 amide bonds. The molecule has 3 aromatic carbocycles. The van der Waals surface area contributed by atoms with Gasteiger partial charge in [0.1, 0.15) is 22.3 Å². The van der Waals surface area contributed by atoms with Crippen molar-refractivity contribution in [2.24, 2.45) is 5.41 Å². The molecule has 0 radical (unpaired) electrons. The molecule has 9 nitrogen and oxygen atoms in total. The third-order valence-corrected chi connectivity index (χ3v) is 10.5. The maximum atomic E-state index is 12.7. The number of hydrogen-bond donors (Lipinski definition) is 3. The lowest BCUT2D eigenvalue weighted by atomic mass is 9.69. The maximum Gasteiger partial charge on any atom is 0.310 e. The maximum absolute atomic E-state index is 12.7. The molecule has 0 unspecified atom stereocenters. The first-order valence-corrected chi connectivity index (χ1v) is 15.8. The van der Waals surface area contributed by atoms with Crippen molar-refractivity contribution in [3.8, 4) is 5.75 Å². The molecule has 1 aromatic heterocycles. The highest BCUT2D eigenvalue weighted by Gasteiger charge is 2.41. The van der Waals surface area contributed by atoms with Crippen LogP contribution in [0.4, 0.5) is 0 Å². The van der Waals surface area contributed by atoms with Gasteiger partial charge in [-0.05, 0) is 87.1 Å². The van der Waals surface area contributed by atoms with Gasteiger partial charge in [0, 0.05) is 19.0 Å². The number of ether oxygens (including phenoxy) is 1. The Morgan fingerprint density at radius 2 is 1.86 bits per heavy atom. The van der Waals surface area contributed by atoms with Crippen LogP contribution in [0.25, 0.3) is 11.0 Å². The zero-order chi connectivity index (χ0) is 30.4. The van der Waals surface area contributed by atoms with Crippen LogP contribution in [0, 0.1) is 19.3 Å². The summed E-state index contributed by atoms with van der Waals surface area (Å²) in [5.41, 5.74) is 5.00. The average Bonchev–Trinajstić information content (AvgIpc) is 3.34. The van der Waals surface area contributed by atoms with E-state index < -0.39 is 28.1 Å². The van der Waals surface area contributed by atoms with Crippen molar-refractivity contribution in [2.75, 3.05) is 6.54 Å². The summed E-state index contributed by atoms with van der Waals surface area (Å²) < 4.78 is 32.8. The molecule has 5 rings (SSSR count). The van der Waals surface area contributed by atoms with E-state index in [-0.39, 0.29) is 12.6 Å². The number of benzene rings is 3. The minimum absolute atomic E-state index is 0.215. The molecule has 2 atom stereocenters. The number of carboxylic acids is 1. The number of carboxylic acid groups (broad SMARTS) is 1. The summed E-state index contributed by atoms with van der Waals surface area (Å²) in [6.45, 7) is 12.8. The van der Waals surface area contributed by atoms with Crippen LogP contribution >= 0.6 is 10.8 Å². The number of rotatable bonds is 8. The highest BCUT2D eigenvalue weighted by Crippen LogP contribution is 2.57. The molecule has 0 saturated carbocycles. The van der Waals surface area contributed by atoms with E-state index in [2.05, 4.69) is 10.3 Å². The number of aromatic nitrogens is 3. The SMILES string of the molecule is CC[C@@H]1CN(Cc2cc([C@@H](c3ccc4c(nnn4CC)c3C)C(C)(C)C(=O)O)ccc2C)S(O)(O)c2ccccc2O1. The molecule has 42 heavy (non-hydrogen) atoms. The van der Waals surface area contributed by atoms with Gasteiger partial charge in [0.15, 0.2) is 0 Å². The molecular weight excluding hydrogens is 552 g/mol. The van der Waals surface area contributed by atoms with E-state index in [0.29, 0.717) is 30.2 Å². The normalized spacial score (nSPS) is 18.6. The Labute approximate surface area is 248 Å². The van der Waals surface area contributed by atoms with Gasteiger partial charge in [-0.1, -0.05) is 48.5 Å². The zero-order valence-electron chi connectivity index (χ0n) is 25.0. The third-order valence-electron chi connectivity index (χ3n) is 8.58. The monoisotopic (exact) mass is 592 g/mol. The molecule has 224 valence electrons. The van der Waals surface area contributed by atoms with Crippen LogP contribution in [-0.4, -0.2) is 52.1 Å². The summed E-state index contributed by atoms with van der Waals surface area (Å²) in [4.78, 5) is 13.1. The number of fused-ring (bicyclic) bond motifs is 2. The average molecular weight is 593 g/mol. The van der Waals surface area contributed by atoms with Crippen molar-refractivity contribution in [2.45, 2.75) is 78.0 Å². The van der Waals surface area contributed by atoms with Crippen molar-refractivity contribution in [1.82, 2.24) is 19.3 Å². The molecule has 2 heterocycles. The predicted molar refractivity (Wildman–Crippen MR) is 165 cm³/mol. The summed E-state index contributed by atoms with van der Waals surface area (Å²) in [6.07, 6.45) is 0.492. The Balaban J connectivity index is 1.61. The fraction of sp³-hybridized carbons (Fsp3) is 0.406. The molecule has 1 aliphatic heterocycles. The summed E-state index contributed by atoms with van der Waals surface area (Å²) in [5, 5.41) is 19.1. The van der Waals surface area contributed by atoms with Crippen LogP contribution in [0.15, 0.2) is 59.5 Å². The molecule has 0 bridgehead atoms. The Hall–Kier alpha value is -3.44. The van der Waals surface area contributed by atoms with Crippen LogP contribution in [0.5, 0.6) is 5.75 Å². The van der Waals surface area contributed by atoms with Gasteiger partial charge >= 0.3 is 5.97 Å². The lowest BCUT2D eigenvalue weighted by molar-refractivity contribution is -0.147. The van der Waals surface area contributed by atoms with E-state index in [9.17, 15) is 19.0 Å². The summed E-state index contributed by atoms with van der Waals surface area (Å²) in [6, 6.07) is 17.0. The number of para-hydroxylation sites is 1. The van der Waals surface area contributed by atoms with Gasteiger partial charge in [-0.2, -0.15) is 4.31 Å². The second kappa shape index (κ2) is 11.3. The van der Waals surface area contributed by atoms with Crippen LogP contribution < -0.4 is 4.74 Å². The molecule has 0 fully saturated rings. The van der Waals surface area contributed by atoms with Crippen molar-refractivity contribution in [1.29, 1.82) is 0 Å². The topological polar surface area (TPSA) is 121 Å². The van der Waals surface area contributed by atoms with Gasteiger partial charge in [-0.15, -0.1) is 15.9 Å². The molecule has 4 aromatic rings. The second-order valence-electron chi connectivity index (χ2n) is 11.6. The second-order valence-corrected chi connectivity index (χ2v) is 13.6. The van der Waals surface area contributed by atoms with E-state index in [1.807, 2.05) is 68.8 Å². The molecular formula is C32H40N4O5S. The van der Waals surface area contributed by atoms with Gasteiger partial charge in [0.05, 0.1) is 17.5 Å². The van der Waals surface area contributed by atoms with Crippen molar-refractivity contribution in [3.05, 3.63) is 82.4 Å². The molecule has 0 aliphatic carbocycles. The first kappa shape index (κ1) is 30.0. The van der Waals surface area contributed by atoms with Crippen molar-refractivity contribution >= 4 is 27.8 Å². The predicted octanol–water partition coefficient (Wildman–Crippen LogP) is 7.01. The van der Waals surface area contributed by atoms with Crippen molar-refractivity contribution < 1.29 is 23.7 Å². The number of carbonyl (C=O) groups is 1. The zero-order valence-corrected chi connectivity index (χ0v) is 25.9. The Morgan fingerprint density at radius 1 is 1.12 bits per heavy atom. The minimum Gasteiger partial charge on any atom is -0.487 e. The van der Waals surface area contributed by atoms with Gasteiger partial charge < -0.3 is 9.84 Å². The fourth-order valence-electron chi connectivity index (χ4n) is 5.90. The lowest BCUT2D eigenvalue weighted by Crippen LogP contribution is -2.35. The van der Waals surface area contributed by atoms with Crippen LogP contribution in [0.1, 0.15) is 67.9 Å². The molecule has 10 heteroatoms. The largest absolute Gasteiger partial charge is 0.487 e. The number of nitrogens with zero attached hydrogens (tertiary/aromatic N) is 4. The molecule has 0 saturated heterocycles. The fourth-order valence-corrected chi connectivity index (χ4v) is 7.52. The smallest absolute Gasteiger partial charge is 0.310 e. The van der Waals surface area contributed by atoms with Crippen molar-refractivity contribution in [3.63, 3.8) is 0 Å². The van der Waals surface area contributed by atoms with E-state index in [1.165, 1.54) is 0 Å². The summed E-state index contributed by atoms with van der Waals surface area (Å²) in [5.74, 6) is -0.915. The third kappa shape index (κ3) is 5.17. The number of aryl methyl sites for hydroxylation is 3. The van der Waals surface area contributed by atoms with Crippen LogP contribution in [-0.2, 0) is 17.9 Å². The van der Waals surface area contributed by atoms with Gasteiger partial charge in [-0.3, -0.25) is 13.9 Å². The first-order chi connectivity index (χ1) is 19.9. The van der Waals surface area contributed by atoms with E-state index in [0.717, 1.165) is 38.9 Å².